The van der Waals surface area contributed by atoms with Crippen molar-refractivity contribution >= 4 is 17.6 Å². The molecule has 0 aliphatic rings. The number of rotatable bonds is 9. The highest BCUT2D eigenvalue weighted by Gasteiger charge is 2.14. The Kier molecular flexibility index (Phi) is 7.32. The van der Waals surface area contributed by atoms with Gasteiger partial charge < -0.3 is 20.1 Å². The van der Waals surface area contributed by atoms with Gasteiger partial charge in [-0.1, -0.05) is 12.1 Å². The molecule has 0 aliphatic heterocycles. The van der Waals surface area contributed by atoms with Crippen molar-refractivity contribution in [2.45, 2.75) is 13.5 Å². The molecule has 0 aliphatic carbocycles. The molecule has 2 N–H and O–H groups in total. The molecule has 8 nitrogen and oxygen atoms in total. The molecule has 30 heavy (non-hydrogen) atoms. The van der Waals surface area contributed by atoms with Crippen molar-refractivity contribution in [3.05, 3.63) is 78.2 Å². The quantitative estimate of drug-likeness (QED) is 0.567. The number of nitrogens with zero attached hydrogens (tertiary/aromatic N) is 2. The van der Waals surface area contributed by atoms with Gasteiger partial charge >= 0.3 is 0 Å². The van der Waals surface area contributed by atoms with Crippen LogP contribution in [0.4, 0.5) is 5.82 Å². The van der Waals surface area contributed by atoms with E-state index in [9.17, 15) is 9.59 Å². The minimum Gasteiger partial charge on any atom is -0.493 e. The summed E-state index contributed by atoms with van der Waals surface area (Å²) in [6, 6.07) is 14.0. The number of carbonyl (C=O) groups is 2. The number of pyridine rings is 2. The van der Waals surface area contributed by atoms with Crippen LogP contribution in [0.25, 0.3) is 0 Å². The molecule has 0 unspecified atom stereocenters. The van der Waals surface area contributed by atoms with Gasteiger partial charge in [-0.3, -0.25) is 14.6 Å². The van der Waals surface area contributed by atoms with E-state index in [0.717, 1.165) is 5.56 Å². The Bertz CT molecular complexity index is 995. The molecule has 2 heterocycles. The van der Waals surface area contributed by atoms with Crippen molar-refractivity contribution in [3.8, 4) is 11.5 Å². The zero-order chi connectivity index (χ0) is 21.2. The summed E-state index contributed by atoms with van der Waals surface area (Å²) in [7, 11) is 0. The second-order valence-electron chi connectivity index (χ2n) is 6.15. The van der Waals surface area contributed by atoms with Gasteiger partial charge in [0, 0.05) is 18.6 Å². The summed E-state index contributed by atoms with van der Waals surface area (Å²) in [4.78, 5) is 32.8. The Morgan fingerprint density at radius 1 is 0.933 bits per heavy atom. The smallest absolute Gasteiger partial charge is 0.255 e. The van der Waals surface area contributed by atoms with E-state index >= 15 is 0 Å². The zero-order valence-electron chi connectivity index (χ0n) is 16.5. The first-order valence-corrected chi connectivity index (χ1v) is 9.44. The molecule has 0 spiro atoms. The average Bonchev–Trinajstić information content (AvgIpc) is 2.78. The zero-order valence-corrected chi connectivity index (χ0v) is 16.5. The van der Waals surface area contributed by atoms with Gasteiger partial charge in [-0.15, -0.1) is 0 Å². The van der Waals surface area contributed by atoms with Crippen LogP contribution in [0.1, 0.15) is 22.8 Å². The van der Waals surface area contributed by atoms with Gasteiger partial charge in [-0.2, -0.15) is 0 Å². The van der Waals surface area contributed by atoms with E-state index in [1.165, 1.54) is 0 Å². The third kappa shape index (κ3) is 5.78. The minimum absolute atomic E-state index is 0.223. The summed E-state index contributed by atoms with van der Waals surface area (Å²) in [5.41, 5.74) is 1.30. The van der Waals surface area contributed by atoms with Crippen LogP contribution in [-0.2, 0) is 11.4 Å². The lowest BCUT2D eigenvalue weighted by atomic mass is 10.2. The topological polar surface area (TPSA) is 102 Å². The van der Waals surface area contributed by atoms with E-state index in [1.807, 2.05) is 19.1 Å². The third-order valence-electron chi connectivity index (χ3n) is 4.01. The van der Waals surface area contributed by atoms with Crippen molar-refractivity contribution in [1.82, 2.24) is 15.3 Å². The van der Waals surface area contributed by atoms with Gasteiger partial charge in [-0.05, 0) is 48.9 Å². The number of benzene rings is 1. The predicted octanol–water partition coefficient (Wildman–Crippen LogP) is 2.82. The Hall–Kier alpha value is -3.94. The van der Waals surface area contributed by atoms with E-state index in [2.05, 4.69) is 20.6 Å². The van der Waals surface area contributed by atoms with E-state index < -0.39 is 11.8 Å². The van der Waals surface area contributed by atoms with Crippen molar-refractivity contribution in [3.63, 3.8) is 0 Å². The van der Waals surface area contributed by atoms with E-state index in [1.54, 1.807) is 55.0 Å². The van der Waals surface area contributed by atoms with E-state index in [0.29, 0.717) is 30.3 Å². The maximum Gasteiger partial charge on any atom is 0.255 e. The molecule has 0 saturated heterocycles. The predicted molar refractivity (Wildman–Crippen MR) is 111 cm³/mol. The summed E-state index contributed by atoms with van der Waals surface area (Å²) in [5, 5.41) is 5.25. The first-order chi connectivity index (χ1) is 14.7. The average molecular weight is 406 g/mol. The molecule has 8 heteroatoms. The molecule has 0 radical (unpaired) electrons. The molecule has 1 aromatic carbocycles. The van der Waals surface area contributed by atoms with Crippen molar-refractivity contribution in [2.75, 3.05) is 18.5 Å². The fourth-order valence-electron chi connectivity index (χ4n) is 2.61. The lowest BCUT2D eigenvalue weighted by Gasteiger charge is -2.12. The SMILES string of the molecule is CCOc1ccccc1C(=O)NCC(=O)Nc1ncccc1OCc1ccncc1. The number of amides is 2. The highest BCUT2D eigenvalue weighted by atomic mass is 16.5. The van der Waals surface area contributed by atoms with Crippen LogP contribution in [0, 0.1) is 0 Å². The molecular formula is C22H22N4O4. The van der Waals surface area contributed by atoms with E-state index in [-0.39, 0.29) is 12.4 Å². The van der Waals surface area contributed by atoms with Gasteiger partial charge in [0.15, 0.2) is 11.6 Å². The number of nitrogens with one attached hydrogen (secondary N) is 2. The third-order valence-corrected chi connectivity index (χ3v) is 4.01. The molecule has 0 atom stereocenters. The molecule has 2 amide bonds. The first kappa shape index (κ1) is 20.8. The molecule has 0 saturated carbocycles. The molecule has 154 valence electrons. The summed E-state index contributed by atoms with van der Waals surface area (Å²) in [6.45, 7) is 2.36. The van der Waals surface area contributed by atoms with Crippen molar-refractivity contribution in [2.24, 2.45) is 0 Å². The highest BCUT2D eigenvalue weighted by molar-refractivity contribution is 6.00. The largest absolute Gasteiger partial charge is 0.493 e. The summed E-state index contributed by atoms with van der Waals surface area (Å²) in [5.74, 6) is 0.347. The van der Waals surface area contributed by atoms with Gasteiger partial charge in [0.25, 0.3) is 5.91 Å². The van der Waals surface area contributed by atoms with Crippen LogP contribution < -0.4 is 20.1 Å². The maximum absolute atomic E-state index is 12.4. The van der Waals surface area contributed by atoms with Gasteiger partial charge in [0.05, 0.1) is 18.7 Å². The van der Waals surface area contributed by atoms with Crippen LogP contribution in [0.5, 0.6) is 11.5 Å². The standard InChI is InChI=1S/C22H22N4O4/c1-2-29-18-7-4-3-6-17(18)22(28)25-14-20(27)26-21-19(8-5-11-24-21)30-15-16-9-12-23-13-10-16/h3-13H,2,14-15H2,1H3,(H,25,28)(H,24,26,27). The maximum atomic E-state index is 12.4. The highest BCUT2D eigenvalue weighted by Crippen LogP contribution is 2.22. The lowest BCUT2D eigenvalue weighted by molar-refractivity contribution is -0.115. The molecule has 2 aromatic heterocycles. The van der Waals surface area contributed by atoms with E-state index in [4.69, 9.17) is 9.47 Å². The molecule has 0 fully saturated rings. The number of ether oxygens (including phenoxy) is 2. The summed E-state index contributed by atoms with van der Waals surface area (Å²) in [6.07, 6.45) is 4.90. The van der Waals surface area contributed by atoms with Gasteiger partial charge in [0.1, 0.15) is 12.4 Å². The molecule has 0 bridgehead atoms. The fraction of sp³-hybridized carbons (Fsp3) is 0.182. The van der Waals surface area contributed by atoms with Gasteiger partial charge in [-0.25, -0.2) is 4.98 Å². The number of para-hydroxylation sites is 1. The summed E-state index contributed by atoms with van der Waals surface area (Å²) >= 11 is 0. The molecule has 3 aromatic rings. The summed E-state index contributed by atoms with van der Waals surface area (Å²) < 4.78 is 11.2. The number of carbonyl (C=O) groups excluding carboxylic acids is 2. The van der Waals surface area contributed by atoms with Crippen LogP contribution in [-0.4, -0.2) is 34.9 Å². The van der Waals surface area contributed by atoms with Crippen LogP contribution in [0.15, 0.2) is 67.1 Å². The Balaban J connectivity index is 1.57. The lowest BCUT2D eigenvalue weighted by Crippen LogP contribution is -2.33. The molecular weight excluding hydrogens is 384 g/mol. The van der Waals surface area contributed by atoms with Crippen LogP contribution in [0.3, 0.4) is 0 Å². The normalized spacial score (nSPS) is 10.2. The second-order valence-corrected chi connectivity index (χ2v) is 6.15. The Morgan fingerprint density at radius 3 is 2.50 bits per heavy atom. The number of hydrogen-bond acceptors (Lipinski definition) is 6. The minimum atomic E-state index is -0.426. The monoisotopic (exact) mass is 406 g/mol. The Morgan fingerprint density at radius 2 is 1.70 bits per heavy atom. The van der Waals surface area contributed by atoms with Crippen LogP contribution >= 0.6 is 0 Å². The first-order valence-electron chi connectivity index (χ1n) is 9.44. The van der Waals surface area contributed by atoms with Gasteiger partial charge in [0.2, 0.25) is 5.91 Å². The number of hydrogen-bond donors (Lipinski definition) is 2. The second kappa shape index (κ2) is 10.6. The molecule has 3 rings (SSSR count). The fourth-order valence-corrected chi connectivity index (χ4v) is 2.61. The van der Waals surface area contributed by atoms with Crippen molar-refractivity contribution in [1.29, 1.82) is 0 Å². The van der Waals surface area contributed by atoms with Crippen molar-refractivity contribution < 1.29 is 19.1 Å². The Labute approximate surface area is 174 Å². The van der Waals surface area contributed by atoms with Crippen LogP contribution in [0.2, 0.25) is 0 Å². The number of aromatic nitrogens is 2. The number of anilines is 1.